The molecule has 2 amide bonds. The molecule has 1 unspecified atom stereocenters. The molecular weight excluding hydrogens is 584 g/mol. The zero-order valence-corrected chi connectivity index (χ0v) is 28.2. The molecule has 4 rings (SSSR count). The van der Waals surface area contributed by atoms with E-state index in [0.29, 0.717) is 25.8 Å². The Hall–Kier alpha value is -3.56. The number of nitrogens with one attached hydrogen (secondary N) is 1. The van der Waals surface area contributed by atoms with Gasteiger partial charge in [0.1, 0.15) is 11.7 Å². The zero-order chi connectivity index (χ0) is 33.8. The second-order valence-electron chi connectivity index (χ2n) is 14.9. The summed E-state index contributed by atoms with van der Waals surface area (Å²) in [6, 6.07) is -1.71. The van der Waals surface area contributed by atoms with E-state index in [4.69, 9.17) is 0 Å². The molecule has 10 nitrogen and oxygen atoms in total. The van der Waals surface area contributed by atoms with Gasteiger partial charge in [-0.3, -0.25) is 33.8 Å². The summed E-state index contributed by atoms with van der Waals surface area (Å²) >= 11 is 0. The van der Waals surface area contributed by atoms with Crippen LogP contribution in [0.5, 0.6) is 0 Å². The Morgan fingerprint density at radius 2 is 1.76 bits per heavy atom. The van der Waals surface area contributed by atoms with Crippen LogP contribution in [0.1, 0.15) is 103 Å². The van der Waals surface area contributed by atoms with Crippen molar-refractivity contribution < 1.29 is 28.8 Å². The minimum Gasteiger partial charge on any atom is -0.344 e. The van der Waals surface area contributed by atoms with E-state index in [-0.39, 0.29) is 71.9 Å². The summed E-state index contributed by atoms with van der Waals surface area (Å²) in [6.07, 6.45) is 12.1. The SMILES string of the molecule is CCCC(CC(=O)[C@@H]1[C@H]2CC=C[C@H]2CN1C(=O)[C@@H](NC(=O)[C@H](CC(=O)c1cnccn1)C(C)C)C(C)(C)C)C(=O)C(=O)CC1CC1. The van der Waals surface area contributed by atoms with Gasteiger partial charge in [0.2, 0.25) is 17.6 Å². The highest BCUT2D eigenvalue weighted by Gasteiger charge is 2.51. The molecule has 1 aliphatic heterocycles. The number of allylic oxidation sites excluding steroid dienone is 1. The molecular formula is C36H50N4O6. The quantitative estimate of drug-likeness (QED) is 0.158. The Labute approximate surface area is 272 Å². The Morgan fingerprint density at radius 1 is 1.04 bits per heavy atom. The fraction of sp³-hybridized carbons (Fsp3) is 0.667. The van der Waals surface area contributed by atoms with E-state index in [9.17, 15) is 28.8 Å². The number of Topliss-reactive ketones (excluding diaryl/α,β-unsaturated/α-hetero) is 4. The first-order valence-electron chi connectivity index (χ1n) is 16.9. The predicted octanol–water partition coefficient (Wildman–Crippen LogP) is 4.57. The normalized spacial score (nSPS) is 22.7. The van der Waals surface area contributed by atoms with Crippen molar-refractivity contribution in [3.05, 3.63) is 36.4 Å². The van der Waals surface area contributed by atoms with E-state index < -0.39 is 41.0 Å². The smallest absolute Gasteiger partial charge is 0.246 e. The Bertz CT molecular complexity index is 1350. The highest BCUT2D eigenvalue weighted by atomic mass is 16.2. The van der Waals surface area contributed by atoms with Crippen molar-refractivity contribution in [3.8, 4) is 0 Å². The molecule has 0 bridgehead atoms. The highest BCUT2D eigenvalue weighted by molar-refractivity contribution is 6.38. The Morgan fingerprint density at radius 3 is 2.35 bits per heavy atom. The maximum atomic E-state index is 14.4. The number of nitrogens with zero attached hydrogens (tertiary/aromatic N) is 3. The van der Waals surface area contributed by atoms with Crippen molar-refractivity contribution in [2.75, 3.05) is 6.54 Å². The van der Waals surface area contributed by atoms with Gasteiger partial charge in [0.15, 0.2) is 17.3 Å². The summed E-state index contributed by atoms with van der Waals surface area (Å²) < 4.78 is 0. The average molecular weight is 635 g/mol. The van der Waals surface area contributed by atoms with Gasteiger partial charge in [-0.1, -0.05) is 60.1 Å². The molecule has 2 heterocycles. The molecule has 10 heteroatoms. The maximum Gasteiger partial charge on any atom is 0.246 e. The molecule has 6 atom stereocenters. The van der Waals surface area contributed by atoms with Crippen LogP contribution in [-0.2, 0) is 24.0 Å². The van der Waals surface area contributed by atoms with Gasteiger partial charge in [0.05, 0.1) is 12.2 Å². The number of ketones is 4. The monoisotopic (exact) mass is 634 g/mol. The number of likely N-dealkylation sites (tertiary alicyclic amines) is 1. The molecule has 2 fully saturated rings. The molecule has 0 aromatic carbocycles. The Kier molecular flexibility index (Phi) is 11.4. The van der Waals surface area contributed by atoms with Gasteiger partial charge in [0.25, 0.3) is 0 Å². The third-order valence-electron chi connectivity index (χ3n) is 9.80. The number of amides is 2. The number of hydrogen-bond acceptors (Lipinski definition) is 8. The fourth-order valence-corrected chi connectivity index (χ4v) is 6.89. The lowest BCUT2D eigenvalue weighted by Crippen LogP contribution is -2.58. The molecule has 1 saturated heterocycles. The van der Waals surface area contributed by atoms with E-state index in [1.54, 1.807) is 4.90 Å². The van der Waals surface area contributed by atoms with E-state index in [0.717, 1.165) is 12.8 Å². The summed E-state index contributed by atoms with van der Waals surface area (Å²) in [4.78, 5) is 90.7. The molecule has 0 radical (unpaired) electrons. The van der Waals surface area contributed by atoms with Crippen molar-refractivity contribution in [1.82, 2.24) is 20.2 Å². The van der Waals surface area contributed by atoms with Gasteiger partial charge >= 0.3 is 0 Å². The summed E-state index contributed by atoms with van der Waals surface area (Å²) in [5.74, 6) is -3.55. The van der Waals surface area contributed by atoms with Gasteiger partial charge in [-0.05, 0) is 54.8 Å². The maximum absolute atomic E-state index is 14.4. The second-order valence-corrected chi connectivity index (χ2v) is 14.9. The van der Waals surface area contributed by atoms with Crippen LogP contribution in [0.3, 0.4) is 0 Å². The topological polar surface area (TPSA) is 143 Å². The molecule has 46 heavy (non-hydrogen) atoms. The van der Waals surface area contributed by atoms with E-state index in [2.05, 4.69) is 15.3 Å². The number of fused-ring (bicyclic) bond motifs is 1. The number of rotatable bonds is 16. The number of carbonyl (C=O) groups excluding carboxylic acids is 6. The number of carbonyl (C=O) groups is 6. The average Bonchev–Trinajstić information content (AvgIpc) is 3.57. The zero-order valence-electron chi connectivity index (χ0n) is 28.2. The van der Waals surface area contributed by atoms with Crippen molar-refractivity contribution in [3.63, 3.8) is 0 Å². The van der Waals surface area contributed by atoms with Gasteiger partial charge in [-0.25, -0.2) is 4.98 Å². The first-order valence-corrected chi connectivity index (χ1v) is 16.9. The minimum absolute atomic E-state index is 0.000869. The van der Waals surface area contributed by atoms with E-state index >= 15 is 0 Å². The van der Waals surface area contributed by atoms with Crippen molar-refractivity contribution in [2.45, 2.75) is 105 Å². The summed E-state index contributed by atoms with van der Waals surface area (Å²) in [5, 5.41) is 2.97. The first kappa shape index (κ1) is 35.3. The molecule has 3 aliphatic rings. The minimum atomic E-state index is -0.959. The van der Waals surface area contributed by atoms with Crippen molar-refractivity contribution >= 4 is 34.9 Å². The van der Waals surface area contributed by atoms with E-state index in [1.165, 1.54) is 18.6 Å². The Balaban J connectivity index is 1.53. The lowest BCUT2D eigenvalue weighted by molar-refractivity contribution is -0.146. The second kappa shape index (κ2) is 14.9. The largest absolute Gasteiger partial charge is 0.344 e. The van der Waals surface area contributed by atoms with Gasteiger partial charge in [0, 0.05) is 50.0 Å². The lowest BCUT2D eigenvalue weighted by Gasteiger charge is -2.37. The molecule has 1 aromatic rings. The molecule has 1 N–H and O–H groups in total. The molecule has 1 saturated carbocycles. The van der Waals surface area contributed by atoms with Crippen LogP contribution >= 0.6 is 0 Å². The van der Waals surface area contributed by atoms with Crippen LogP contribution in [0.2, 0.25) is 0 Å². The van der Waals surface area contributed by atoms with Crippen LogP contribution in [0.25, 0.3) is 0 Å². The summed E-state index contributed by atoms with van der Waals surface area (Å²) in [6.45, 7) is 11.6. The first-order chi connectivity index (χ1) is 21.7. The molecule has 1 aromatic heterocycles. The number of aromatic nitrogens is 2. The van der Waals surface area contributed by atoms with E-state index in [1.807, 2.05) is 53.7 Å². The third kappa shape index (κ3) is 8.42. The fourth-order valence-electron chi connectivity index (χ4n) is 6.89. The van der Waals surface area contributed by atoms with Crippen molar-refractivity contribution in [2.24, 2.45) is 40.9 Å². The molecule has 250 valence electrons. The number of hydrogen-bond donors (Lipinski definition) is 1. The van der Waals surface area contributed by atoms with Crippen LogP contribution < -0.4 is 5.32 Å². The van der Waals surface area contributed by atoms with Gasteiger partial charge < -0.3 is 10.2 Å². The van der Waals surface area contributed by atoms with Crippen LogP contribution in [0.15, 0.2) is 30.7 Å². The van der Waals surface area contributed by atoms with Crippen LogP contribution in [0, 0.1) is 40.9 Å². The van der Waals surface area contributed by atoms with Crippen molar-refractivity contribution in [1.29, 1.82) is 0 Å². The lowest BCUT2D eigenvalue weighted by atomic mass is 9.82. The molecule has 2 aliphatic carbocycles. The van der Waals surface area contributed by atoms with Gasteiger partial charge in [-0.15, -0.1) is 0 Å². The van der Waals surface area contributed by atoms with Crippen LogP contribution in [-0.4, -0.2) is 68.4 Å². The predicted molar refractivity (Wildman–Crippen MR) is 172 cm³/mol. The highest BCUT2D eigenvalue weighted by Crippen LogP contribution is 2.41. The van der Waals surface area contributed by atoms with Crippen LogP contribution in [0.4, 0.5) is 0 Å². The van der Waals surface area contributed by atoms with Gasteiger partial charge in [-0.2, -0.15) is 0 Å². The molecule has 0 spiro atoms. The standard InChI is InChI=1S/C36H50N4O6/c1-7-9-23(32(44)30(43)16-22-12-13-22)17-29(42)31-25-11-8-10-24(25)20-40(31)35(46)33(36(4,5)6)39-34(45)26(21(2)3)18-28(41)27-19-37-14-15-38-27/h8,10,14-15,19,21-26,31,33H,7,9,11-13,16-18,20H2,1-6H3,(H,39,45)/t23?,24-,25-,26+,31-,33+/m0/s1. The summed E-state index contributed by atoms with van der Waals surface area (Å²) in [5.41, 5.74) is -0.531. The third-order valence-corrected chi connectivity index (χ3v) is 9.80. The summed E-state index contributed by atoms with van der Waals surface area (Å²) in [7, 11) is 0.